The molecule has 1 unspecified atom stereocenters. The minimum absolute atomic E-state index is 0.0944. The van der Waals surface area contributed by atoms with E-state index in [-0.39, 0.29) is 6.04 Å². The van der Waals surface area contributed by atoms with Crippen molar-refractivity contribution in [3.8, 4) is 0 Å². The molecular formula is C11H20N2O. The molecule has 80 valence electrons. The maximum Gasteiger partial charge on any atom is 0.241 e. The molecule has 0 bridgehead atoms. The minimum Gasteiger partial charge on any atom is -0.326 e. The van der Waals surface area contributed by atoms with Crippen LogP contribution in [0.1, 0.15) is 45.4 Å². The molecular weight excluding hydrogens is 176 g/mol. The van der Waals surface area contributed by atoms with Crippen molar-refractivity contribution in [1.82, 2.24) is 10.2 Å². The number of hydrogen-bond acceptors (Lipinski definition) is 2. The standard InChI is InChI=1S/C11H20N2O/c1-2-10-11(14)13(8-12-10)9-6-4-3-5-7-9/h9-10,12H,2-8H2,1H3. The predicted octanol–water partition coefficient (Wildman–Crippen LogP) is 1.49. The van der Waals surface area contributed by atoms with Crippen molar-refractivity contribution in [3.63, 3.8) is 0 Å². The molecule has 0 aromatic rings. The van der Waals surface area contributed by atoms with Crippen molar-refractivity contribution < 1.29 is 4.79 Å². The SMILES string of the molecule is CCC1NCN(C2CCCCC2)C1=O. The summed E-state index contributed by atoms with van der Waals surface area (Å²) in [5, 5.41) is 3.28. The van der Waals surface area contributed by atoms with E-state index in [1.54, 1.807) is 0 Å². The van der Waals surface area contributed by atoms with Gasteiger partial charge in [-0.05, 0) is 19.3 Å². The Morgan fingerprint density at radius 1 is 1.36 bits per heavy atom. The van der Waals surface area contributed by atoms with Crippen LogP contribution < -0.4 is 5.32 Å². The summed E-state index contributed by atoms with van der Waals surface area (Å²) >= 11 is 0. The van der Waals surface area contributed by atoms with Crippen LogP contribution in [-0.2, 0) is 4.79 Å². The van der Waals surface area contributed by atoms with E-state index < -0.39 is 0 Å². The molecule has 1 atom stereocenters. The van der Waals surface area contributed by atoms with Crippen molar-refractivity contribution in [2.75, 3.05) is 6.67 Å². The maximum atomic E-state index is 11.9. The fourth-order valence-corrected chi connectivity index (χ4v) is 2.59. The molecule has 0 radical (unpaired) electrons. The Labute approximate surface area is 85.8 Å². The van der Waals surface area contributed by atoms with E-state index in [9.17, 15) is 4.79 Å². The van der Waals surface area contributed by atoms with E-state index >= 15 is 0 Å². The van der Waals surface area contributed by atoms with Crippen LogP contribution in [-0.4, -0.2) is 29.6 Å². The summed E-state index contributed by atoms with van der Waals surface area (Å²) in [6.45, 7) is 2.85. The highest BCUT2D eigenvalue weighted by Crippen LogP contribution is 2.24. The van der Waals surface area contributed by atoms with Crippen molar-refractivity contribution >= 4 is 5.91 Å². The first-order chi connectivity index (χ1) is 6.83. The Morgan fingerprint density at radius 3 is 2.64 bits per heavy atom. The van der Waals surface area contributed by atoms with Gasteiger partial charge in [-0.25, -0.2) is 0 Å². The summed E-state index contributed by atoms with van der Waals surface area (Å²) in [5.41, 5.74) is 0. The molecule has 1 heterocycles. The zero-order valence-electron chi connectivity index (χ0n) is 8.96. The monoisotopic (exact) mass is 196 g/mol. The van der Waals surface area contributed by atoms with Gasteiger partial charge in [-0.3, -0.25) is 10.1 Å². The van der Waals surface area contributed by atoms with Crippen molar-refractivity contribution in [2.45, 2.75) is 57.5 Å². The Bertz CT molecular complexity index is 211. The fraction of sp³-hybridized carbons (Fsp3) is 0.909. The van der Waals surface area contributed by atoms with Crippen molar-refractivity contribution in [1.29, 1.82) is 0 Å². The number of rotatable bonds is 2. The van der Waals surface area contributed by atoms with Gasteiger partial charge in [-0.2, -0.15) is 0 Å². The van der Waals surface area contributed by atoms with Gasteiger partial charge in [0.15, 0.2) is 0 Å². The van der Waals surface area contributed by atoms with Gasteiger partial charge >= 0.3 is 0 Å². The second-order valence-electron chi connectivity index (χ2n) is 4.42. The molecule has 0 spiro atoms. The molecule has 0 aromatic heterocycles. The molecule has 3 heteroatoms. The van der Waals surface area contributed by atoms with Gasteiger partial charge in [-0.1, -0.05) is 26.2 Å². The van der Waals surface area contributed by atoms with Crippen LogP contribution in [0.2, 0.25) is 0 Å². The van der Waals surface area contributed by atoms with Crippen LogP contribution in [0.5, 0.6) is 0 Å². The molecule has 1 saturated carbocycles. The lowest BCUT2D eigenvalue weighted by Crippen LogP contribution is -2.39. The minimum atomic E-state index is 0.0944. The Hall–Kier alpha value is -0.570. The van der Waals surface area contributed by atoms with E-state index in [1.807, 2.05) is 0 Å². The predicted molar refractivity (Wildman–Crippen MR) is 55.8 cm³/mol. The lowest BCUT2D eigenvalue weighted by molar-refractivity contribution is -0.131. The van der Waals surface area contributed by atoms with Gasteiger partial charge in [0, 0.05) is 6.04 Å². The Kier molecular flexibility index (Phi) is 3.06. The highest BCUT2D eigenvalue weighted by Gasteiger charge is 2.34. The molecule has 1 aliphatic carbocycles. The first-order valence-corrected chi connectivity index (χ1v) is 5.86. The molecule has 1 amide bonds. The van der Waals surface area contributed by atoms with Gasteiger partial charge in [0.25, 0.3) is 0 Å². The Balaban J connectivity index is 1.94. The highest BCUT2D eigenvalue weighted by molar-refractivity contribution is 5.84. The van der Waals surface area contributed by atoms with Crippen LogP contribution in [0.3, 0.4) is 0 Å². The van der Waals surface area contributed by atoms with Gasteiger partial charge in [0.1, 0.15) is 0 Å². The normalized spacial score (nSPS) is 29.9. The van der Waals surface area contributed by atoms with Crippen LogP contribution in [0.4, 0.5) is 0 Å². The summed E-state index contributed by atoms with van der Waals surface area (Å²) < 4.78 is 0. The summed E-state index contributed by atoms with van der Waals surface area (Å²) in [6, 6.07) is 0.622. The van der Waals surface area contributed by atoms with E-state index in [1.165, 1.54) is 32.1 Å². The molecule has 1 saturated heterocycles. The number of hydrogen-bond donors (Lipinski definition) is 1. The summed E-state index contributed by atoms with van der Waals surface area (Å²) in [7, 11) is 0. The zero-order chi connectivity index (χ0) is 9.97. The molecule has 1 aliphatic heterocycles. The van der Waals surface area contributed by atoms with Crippen LogP contribution in [0.25, 0.3) is 0 Å². The average Bonchev–Trinajstić information content (AvgIpc) is 2.61. The topological polar surface area (TPSA) is 32.3 Å². The second-order valence-corrected chi connectivity index (χ2v) is 4.42. The van der Waals surface area contributed by atoms with Crippen molar-refractivity contribution in [2.24, 2.45) is 0 Å². The number of nitrogens with one attached hydrogen (secondary N) is 1. The van der Waals surface area contributed by atoms with Gasteiger partial charge in [0.2, 0.25) is 5.91 Å². The van der Waals surface area contributed by atoms with E-state index in [4.69, 9.17) is 0 Å². The van der Waals surface area contributed by atoms with Gasteiger partial charge in [0.05, 0.1) is 12.7 Å². The Morgan fingerprint density at radius 2 is 2.07 bits per heavy atom. The molecule has 2 aliphatic rings. The number of amides is 1. The molecule has 2 fully saturated rings. The molecule has 0 aromatic carbocycles. The first kappa shape index (κ1) is 9.97. The number of carbonyl (C=O) groups excluding carboxylic acids is 1. The summed E-state index contributed by atoms with van der Waals surface area (Å²) in [5.74, 6) is 0.333. The van der Waals surface area contributed by atoms with Gasteiger partial charge in [-0.15, -0.1) is 0 Å². The first-order valence-electron chi connectivity index (χ1n) is 5.86. The lowest BCUT2D eigenvalue weighted by Gasteiger charge is -2.30. The van der Waals surface area contributed by atoms with E-state index in [0.29, 0.717) is 11.9 Å². The number of carbonyl (C=O) groups is 1. The number of nitrogens with zero attached hydrogens (tertiary/aromatic N) is 1. The largest absolute Gasteiger partial charge is 0.326 e. The average molecular weight is 196 g/mol. The third-order valence-electron chi connectivity index (χ3n) is 3.51. The van der Waals surface area contributed by atoms with Crippen LogP contribution in [0.15, 0.2) is 0 Å². The fourth-order valence-electron chi connectivity index (χ4n) is 2.59. The molecule has 1 N–H and O–H groups in total. The summed E-state index contributed by atoms with van der Waals surface area (Å²) in [4.78, 5) is 14.0. The second kappa shape index (κ2) is 4.30. The van der Waals surface area contributed by atoms with Crippen LogP contribution >= 0.6 is 0 Å². The lowest BCUT2D eigenvalue weighted by atomic mass is 9.94. The molecule has 14 heavy (non-hydrogen) atoms. The quantitative estimate of drug-likeness (QED) is 0.725. The van der Waals surface area contributed by atoms with E-state index in [0.717, 1.165) is 13.1 Å². The summed E-state index contributed by atoms with van der Waals surface area (Å²) in [6.07, 6.45) is 7.29. The third-order valence-corrected chi connectivity index (χ3v) is 3.51. The molecule has 3 nitrogen and oxygen atoms in total. The third kappa shape index (κ3) is 1.78. The highest BCUT2D eigenvalue weighted by atomic mass is 16.2. The maximum absolute atomic E-state index is 11.9. The smallest absolute Gasteiger partial charge is 0.241 e. The van der Waals surface area contributed by atoms with Crippen LogP contribution in [0, 0.1) is 0 Å². The van der Waals surface area contributed by atoms with E-state index in [2.05, 4.69) is 17.1 Å². The van der Waals surface area contributed by atoms with Crippen molar-refractivity contribution in [3.05, 3.63) is 0 Å². The zero-order valence-corrected chi connectivity index (χ0v) is 8.96. The van der Waals surface area contributed by atoms with Gasteiger partial charge < -0.3 is 4.90 Å². The molecule has 2 rings (SSSR count).